The molecular formula is C19H22N2O. The number of hydrogen-bond donors (Lipinski definition) is 1. The lowest BCUT2D eigenvalue weighted by Gasteiger charge is -2.10. The topological polar surface area (TPSA) is 41.5 Å². The lowest BCUT2D eigenvalue weighted by molar-refractivity contribution is 0.102. The average Bonchev–Trinajstić information content (AvgIpc) is 2.57. The maximum Gasteiger partial charge on any atom is 0.255 e. The highest BCUT2D eigenvalue weighted by atomic mass is 16.1. The third-order valence-corrected chi connectivity index (χ3v) is 3.01. The minimum Gasteiger partial charge on any atom is -0.320 e. The molecule has 0 bridgehead atoms. The van der Waals surface area contributed by atoms with Gasteiger partial charge < -0.3 is 5.32 Å². The molecule has 2 rings (SSSR count). The molecule has 0 unspecified atom stereocenters. The van der Waals surface area contributed by atoms with E-state index in [2.05, 4.69) is 23.6 Å². The molecule has 0 aliphatic rings. The van der Waals surface area contributed by atoms with Crippen molar-refractivity contribution in [1.82, 2.24) is 0 Å². The van der Waals surface area contributed by atoms with Crippen molar-refractivity contribution >= 4 is 30.1 Å². The van der Waals surface area contributed by atoms with Crippen LogP contribution in [0.2, 0.25) is 0 Å². The molecule has 0 aliphatic carbocycles. The first kappa shape index (κ1) is 17.4. The molecule has 1 amide bonds. The van der Waals surface area contributed by atoms with Gasteiger partial charge in [-0.2, -0.15) is 0 Å². The number of carbonyl (C=O) groups excluding carboxylic acids is 1. The molecule has 0 saturated heterocycles. The highest BCUT2D eigenvalue weighted by molar-refractivity contribution is 6.06. The molecule has 3 heteroatoms. The third kappa shape index (κ3) is 4.16. The van der Waals surface area contributed by atoms with Crippen molar-refractivity contribution in [3.8, 4) is 0 Å². The number of nitrogens with zero attached hydrogens (tertiary/aromatic N) is 1. The van der Waals surface area contributed by atoms with Crippen LogP contribution in [0, 0.1) is 6.92 Å². The fourth-order valence-corrected chi connectivity index (χ4v) is 1.90. The number of rotatable bonds is 4. The zero-order valence-electron chi connectivity index (χ0n) is 13.4. The lowest BCUT2D eigenvalue weighted by Crippen LogP contribution is -2.12. The molecule has 3 nitrogen and oxygen atoms in total. The van der Waals surface area contributed by atoms with Crippen LogP contribution >= 0.6 is 0 Å². The lowest BCUT2D eigenvalue weighted by atomic mass is 10.1. The number of hydrogen-bond acceptors (Lipinski definition) is 2. The van der Waals surface area contributed by atoms with Gasteiger partial charge in [-0.25, -0.2) is 0 Å². The average molecular weight is 294 g/mol. The molecule has 0 atom stereocenters. The second-order valence-electron chi connectivity index (χ2n) is 4.43. The first-order valence-electron chi connectivity index (χ1n) is 7.26. The van der Waals surface area contributed by atoms with E-state index in [4.69, 9.17) is 0 Å². The minimum atomic E-state index is -0.170. The SMILES string of the molecule is C=Cc1cccc(NC(=O)c2ccc(C)cc2)c1N=C.CC. The van der Waals surface area contributed by atoms with Crippen molar-refractivity contribution in [3.63, 3.8) is 0 Å². The van der Waals surface area contributed by atoms with Gasteiger partial charge in [0.15, 0.2) is 0 Å². The number of benzene rings is 2. The number of carbonyl (C=O) groups is 1. The van der Waals surface area contributed by atoms with Crippen LogP contribution in [-0.2, 0) is 0 Å². The van der Waals surface area contributed by atoms with Gasteiger partial charge in [0.05, 0.1) is 11.4 Å². The summed E-state index contributed by atoms with van der Waals surface area (Å²) in [5.41, 5.74) is 3.81. The second kappa shape index (κ2) is 8.57. The monoisotopic (exact) mass is 294 g/mol. The Morgan fingerprint density at radius 1 is 1.14 bits per heavy atom. The first-order valence-corrected chi connectivity index (χ1v) is 7.26. The number of aryl methyl sites for hydroxylation is 1. The number of anilines is 1. The van der Waals surface area contributed by atoms with Gasteiger partial charge in [-0.3, -0.25) is 9.79 Å². The van der Waals surface area contributed by atoms with E-state index in [1.54, 1.807) is 24.3 Å². The van der Waals surface area contributed by atoms with E-state index in [1.807, 2.05) is 45.0 Å². The number of amides is 1. The number of para-hydroxylation sites is 1. The van der Waals surface area contributed by atoms with Gasteiger partial charge in [0, 0.05) is 11.1 Å². The molecule has 0 spiro atoms. The summed E-state index contributed by atoms with van der Waals surface area (Å²) in [4.78, 5) is 16.2. The zero-order chi connectivity index (χ0) is 16.5. The maximum atomic E-state index is 12.2. The predicted octanol–water partition coefficient (Wildman–Crippen LogP) is 5.25. The Morgan fingerprint density at radius 3 is 2.32 bits per heavy atom. The van der Waals surface area contributed by atoms with Crippen molar-refractivity contribution in [2.45, 2.75) is 20.8 Å². The van der Waals surface area contributed by atoms with Gasteiger partial charge in [0.25, 0.3) is 5.91 Å². The van der Waals surface area contributed by atoms with Gasteiger partial charge in [-0.05, 0) is 31.8 Å². The summed E-state index contributed by atoms with van der Waals surface area (Å²) in [6.07, 6.45) is 1.69. The van der Waals surface area contributed by atoms with E-state index in [0.717, 1.165) is 11.1 Å². The van der Waals surface area contributed by atoms with Crippen LogP contribution < -0.4 is 5.32 Å². The summed E-state index contributed by atoms with van der Waals surface area (Å²) in [5.74, 6) is -0.170. The normalized spacial score (nSPS) is 9.23. The van der Waals surface area contributed by atoms with E-state index in [1.165, 1.54) is 0 Å². The van der Waals surface area contributed by atoms with Crippen LogP contribution in [0.5, 0.6) is 0 Å². The van der Waals surface area contributed by atoms with Gasteiger partial charge in [0.1, 0.15) is 0 Å². The van der Waals surface area contributed by atoms with Gasteiger partial charge in [-0.15, -0.1) is 0 Å². The summed E-state index contributed by atoms with van der Waals surface area (Å²) in [5, 5.41) is 2.85. The Kier molecular flexibility index (Phi) is 6.77. The van der Waals surface area contributed by atoms with Crippen LogP contribution in [0.4, 0.5) is 11.4 Å². The molecule has 114 valence electrons. The van der Waals surface area contributed by atoms with Crippen molar-refractivity contribution in [2.24, 2.45) is 4.99 Å². The number of aliphatic imine (C=N–C) groups is 1. The van der Waals surface area contributed by atoms with E-state index in [9.17, 15) is 4.79 Å². The smallest absolute Gasteiger partial charge is 0.255 e. The second-order valence-corrected chi connectivity index (χ2v) is 4.43. The van der Waals surface area contributed by atoms with Crippen LogP contribution in [0.3, 0.4) is 0 Å². The summed E-state index contributed by atoms with van der Waals surface area (Å²) in [6, 6.07) is 12.9. The molecule has 0 aliphatic heterocycles. The van der Waals surface area contributed by atoms with Crippen LogP contribution in [-0.4, -0.2) is 12.6 Å². The maximum absolute atomic E-state index is 12.2. The predicted molar refractivity (Wildman–Crippen MR) is 96.2 cm³/mol. The Balaban J connectivity index is 0.00000116. The number of nitrogens with one attached hydrogen (secondary N) is 1. The summed E-state index contributed by atoms with van der Waals surface area (Å²) in [7, 11) is 0. The fraction of sp³-hybridized carbons (Fsp3) is 0.158. The first-order chi connectivity index (χ1) is 10.7. The molecule has 0 fully saturated rings. The molecule has 0 radical (unpaired) electrons. The van der Waals surface area contributed by atoms with E-state index >= 15 is 0 Å². The molecule has 2 aromatic rings. The standard InChI is InChI=1S/C17H16N2O.C2H6/c1-4-13-6-5-7-15(16(13)18-3)19-17(20)14-10-8-12(2)9-11-14;1-2/h4-11H,1,3H2,2H3,(H,19,20);1-2H3. The van der Waals surface area contributed by atoms with E-state index < -0.39 is 0 Å². The summed E-state index contributed by atoms with van der Waals surface area (Å²) < 4.78 is 0. The van der Waals surface area contributed by atoms with Crippen LogP contribution in [0.25, 0.3) is 6.08 Å². The van der Waals surface area contributed by atoms with Crippen molar-refractivity contribution in [3.05, 3.63) is 65.7 Å². The van der Waals surface area contributed by atoms with Gasteiger partial charge in [-0.1, -0.05) is 56.3 Å². The Morgan fingerprint density at radius 2 is 1.77 bits per heavy atom. The Labute approximate surface area is 132 Å². The Bertz CT molecular complexity index is 658. The van der Waals surface area contributed by atoms with Crippen molar-refractivity contribution < 1.29 is 4.79 Å². The summed E-state index contributed by atoms with van der Waals surface area (Å²) in [6.45, 7) is 13.3. The summed E-state index contributed by atoms with van der Waals surface area (Å²) >= 11 is 0. The molecule has 0 aromatic heterocycles. The highest BCUT2D eigenvalue weighted by Crippen LogP contribution is 2.30. The van der Waals surface area contributed by atoms with Gasteiger partial charge in [0.2, 0.25) is 0 Å². The highest BCUT2D eigenvalue weighted by Gasteiger charge is 2.10. The van der Waals surface area contributed by atoms with E-state index in [0.29, 0.717) is 16.9 Å². The molecule has 1 N–H and O–H groups in total. The third-order valence-electron chi connectivity index (χ3n) is 3.01. The minimum absolute atomic E-state index is 0.170. The molecule has 0 saturated carbocycles. The molecule has 22 heavy (non-hydrogen) atoms. The van der Waals surface area contributed by atoms with E-state index in [-0.39, 0.29) is 5.91 Å². The Hall–Kier alpha value is -2.68. The largest absolute Gasteiger partial charge is 0.320 e. The zero-order valence-corrected chi connectivity index (χ0v) is 13.4. The van der Waals surface area contributed by atoms with Crippen molar-refractivity contribution in [1.29, 1.82) is 0 Å². The molecule has 0 heterocycles. The molecular weight excluding hydrogens is 272 g/mol. The fourth-order valence-electron chi connectivity index (χ4n) is 1.90. The van der Waals surface area contributed by atoms with Gasteiger partial charge >= 0.3 is 0 Å². The quantitative estimate of drug-likeness (QED) is 0.769. The van der Waals surface area contributed by atoms with Crippen LogP contribution in [0.15, 0.2) is 54.0 Å². The van der Waals surface area contributed by atoms with Crippen molar-refractivity contribution in [2.75, 3.05) is 5.32 Å². The molecule has 2 aromatic carbocycles. The van der Waals surface area contributed by atoms with Crippen LogP contribution in [0.1, 0.15) is 35.3 Å².